The highest BCUT2D eigenvalue weighted by molar-refractivity contribution is 5.80. The van der Waals surface area contributed by atoms with Crippen molar-refractivity contribution in [3.8, 4) is 11.1 Å². The molecule has 1 aliphatic carbocycles. The molecule has 0 aromatic heterocycles. The smallest absolute Gasteiger partial charge is 0.407 e. The van der Waals surface area contributed by atoms with E-state index in [0.717, 1.165) is 11.1 Å². The van der Waals surface area contributed by atoms with Gasteiger partial charge in [0, 0.05) is 25.5 Å². The predicted octanol–water partition coefficient (Wildman–Crippen LogP) is 2.66. The van der Waals surface area contributed by atoms with Gasteiger partial charge in [-0.2, -0.15) is 0 Å². The van der Waals surface area contributed by atoms with Gasteiger partial charge < -0.3 is 25.2 Å². The normalized spacial score (nSPS) is 19.1. The van der Waals surface area contributed by atoms with Crippen molar-refractivity contribution in [1.82, 2.24) is 10.6 Å². The molecule has 4 rings (SSSR count). The van der Waals surface area contributed by atoms with Crippen LogP contribution in [0.1, 0.15) is 36.3 Å². The third kappa shape index (κ3) is 4.75. The Balaban J connectivity index is 1.19. The van der Waals surface area contributed by atoms with Crippen molar-refractivity contribution < 1.29 is 29.0 Å². The molecule has 0 saturated carbocycles. The van der Waals surface area contributed by atoms with Gasteiger partial charge in [0.05, 0.1) is 6.04 Å². The lowest BCUT2D eigenvalue weighted by Crippen LogP contribution is -2.44. The summed E-state index contributed by atoms with van der Waals surface area (Å²) in [4.78, 5) is 35.3. The molecule has 2 atom stereocenters. The molecular formula is C24H26N2O6. The summed E-state index contributed by atoms with van der Waals surface area (Å²) < 4.78 is 10.6. The van der Waals surface area contributed by atoms with Crippen LogP contribution in [0.3, 0.4) is 0 Å². The summed E-state index contributed by atoms with van der Waals surface area (Å²) in [7, 11) is 0. The Morgan fingerprint density at radius 2 is 1.69 bits per heavy atom. The standard InChI is InChI=1S/C24H26N2O6/c27-21(26-20-11-13-31-22(20)23(28)29)10-5-12-25-24(30)32-14-19-17-8-3-1-6-15(17)16-7-2-4-9-18(16)19/h1-4,6-9,19-20,22H,5,10-14H2,(H,25,30)(H,26,27)(H,28,29)/t20-,22+/m0/s1. The molecule has 8 nitrogen and oxygen atoms in total. The van der Waals surface area contributed by atoms with Gasteiger partial charge in [0.1, 0.15) is 6.61 Å². The highest BCUT2D eigenvalue weighted by atomic mass is 16.5. The Bertz CT molecular complexity index is 962. The molecule has 0 bridgehead atoms. The van der Waals surface area contributed by atoms with Crippen molar-refractivity contribution in [2.24, 2.45) is 0 Å². The number of alkyl carbamates (subject to hydrolysis) is 1. The van der Waals surface area contributed by atoms with E-state index in [0.29, 0.717) is 19.4 Å². The summed E-state index contributed by atoms with van der Waals surface area (Å²) in [6.45, 7) is 0.831. The quantitative estimate of drug-likeness (QED) is 0.546. The molecule has 0 spiro atoms. The third-order valence-corrected chi connectivity index (χ3v) is 5.88. The van der Waals surface area contributed by atoms with Crippen molar-refractivity contribution >= 4 is 18.0 Å². The van der Waals surface area contributed by atoms with Crippen LogP contribution in [-0.2, 0) is 19.1 Å². The van der Waals surface area contributed by atoms with Crippen LogP contribution in [0.15, 0.2) is 48.5 Å². The summed E-state index contributed by atoms with van der Waals surface area (Å²) >= 11 is 0. The number of amides is 2. The minimum atomic E-state index is -1.08. The van der Waals surface area contributed by atoms with Gasteiger partial charge in [0.25, 0.3) is 0 Å². The van der Waals surface area contributed by atoms with E-state index < -0.39 is 24.2 Å². The van der Waals surface area contributed by atoms with Crippen LogP contribution in [0.25, 0.3) is 11.1 Å². The van der Waals surface area contributed by atoms with E-state index in [1.165, 1.54) is 11.1 Å². The number of aliphatic carboxylic acids is 1. The maximum Gasteiger partial charge on any atom is 0.407 e. The SMILES string of the molecule is O=C(CCCNC(=O)OCC1c2ccccc2-c2ccccc21)N[C@H]1CCO[C@H]1C(=O)O. The first-order chi connectivity index (χ1) is 15.5. The molecule has 1 fully saturated rings. The van der Waals surface area contributed by atoms with Gasteiger partial charge in [-0.25, -0.2) is 9.59 Å². The average molecular weight is 438 g/mol. The molecule has 1 saturated heterocycles. The molecule has 0 radical (unpaired) electrons. The minimum Gasteiger partial charge on any atom is -0.479 e. The number of carbonyl (C=O) groups excluding carboxylic acids is 2. The fourth-order valence-electron chi connectivity index (χ4n) is 4.35. The second kappa shape index (κ2) is 9.82. The van der Waals surface area contributed by atoms with Crippen molar-refractivity contribution in [2.75, 3.05) is 19.8 Å². The fraction of sp³-hybridized carbons (Fsp3) is 0.375. The highest BCUT2D eigenvalue weighted by Crippen LogP contribution is 2.44. The summed E-state index contributed by atoms with van der Waals surface area (Å²) in [5, 5.41) is 14.4. The summed E-state index contributed by atoms with van der Waals surface area (Å²) in [6, 6.07) is 15.7. The zero-order valence-electron chi connectivity index (χ0n) is 17.6. The second-order valence-corrected chi connectivity index (χ2v) is 7.95. The Kier molecular flexibility index (Phi) is 6.70. The lowest BCUT2D eigenvalue weighted by molar-refractivity contribution is -0.148. The number of carbonyl (C=O) groups is 3. The Morgan fingerprint density at radius 3 is 2.34 bits per heavy atom. The molecule has 0 unspecified atom stereocenters. The molecule has 3 N–H and O–H groups in total. The molecule has 2 amide bonds. The fourth-order valence-corrected chi connectivity index (χ4v) is 4.35. The minimum absolute atomic E-state index is 0.00487. The maximum absolute atomic E-state index is 12.1. The number of carboxylic acid groups (broad SMARTS) is 1. The molecule has 2 aromatic rings. The molecule has 168 valence electrons. The Labute approximate surface area is 185 Å². The maximum atomic E-state index is 12.1. The monoisotopic (exact) mass is 438 g/mol. The zero-order valence-corrected chi connectivity index (χ0v) is 17.6. The van der Waals surface area contributed by atoms with Gasteiger partial charge in [-0.05, 0) is 35.1 Å². The van der Waals surface area contributed by atoms with E-state index in [-0.39, 0.29) is 31.4 Å². The molecule has 2 aromatic carbocycles. The number of carboxylic acids is 1. The highest BCUT2D eigenvalue weighted by Gasteiger charge is 2.35. The number of benzene rings is 2. The number of ether oxygens (including phenoxy) is 2. The van der Waals surface area contributed by atoms with E-state index in [1.807, 2.05) is 24.3 Å². The number of rotatable bonds is 8. The predicted molar refractivity (Wildman–Crippen MR) is 116 cm³/mol. The summed E-state index contributed by atoms with van der Waals surface area (Å²) in [5.74, 6) is -1.35. The number of hydrogen-bond acceptors (Lipinski definition) is 5. The number of nitrogens with one attached hydrogen (secondary N) is 2. The van der Waals surface area contributed by atoms with Crippen LogP contribution in [0, 0.1) is 0 Å². The number of hydrogen-bond donors (Lipinski definition) is 3. The topological polar surface area (TPSA) is 114 Å². The lowest BCUT2D eigenvalue weighted by Gasteiger charge is -2.16. The van der Waals surface area contributed by atoms with Crippen LogP contribution in [-0.4, -0.2) is 55.0 Å². The van der Waals surface area contributed by atoms with Gasteiger partial charge in [-0.1, -0.05) is 48.5 Å². The molecule has 8 heteroatoms. The van der Waals surface area contributed by atoms with Gasteiger partial charge in [-0.15, -0.1) is 0 Å². The largest absolute Gasteiger partial charge is 0.479 e. The molecule has 2 aliphatic rings. The molecule has 1 heterocycles. The number of fused-ring (bicyclic) bond motifs is 3. The van der Waals surface area contributed by atoms with E-state index >= 15 is 0 Å². The Hall–Kier alpha value is -3.39. The van der Waals surface area contributed by atoms with E-state index in [2.05, 4.69) is 34.9 Å². The average Bonchev–Trinajstić information content (AvgIpc) is 3.38. The summed E-state index contributed by atoms with van der Waals surface area (Å²) in [5.41, 5.74) is 4.63. The van der Waals surface area contributed by atoms with Crippen LogP contribution in [0.4, 0.5) is 4.79 Å². The lowest BCUT2D eigenvalue weighted by atomic mass is 9.98. The van der Waals surface area contributed by atoms with E-state index in [9.17, 15) is 14.4 Å². The van der Waals surface area contributed by atoms with E-state index in [4.69, 9.17) is 14.6 Å². The molecular weight excluding hydrogens is 412 g/mol. The first kappa shape index (κ1) is 21.8. The van der Waals surface area contributed by atoms with Crippen molar-refractivity contribution in [3.63, 3.8) is 0 Å². The zero-order chi connectivity index (χ0) is 22.5. The third-order valence-electron chi connectivity index (χ3n) is 5.88. The van der Waals surface area contributed by atoms with Gasteiger partial charge in [0.2, 0.25) is 5.91 Å². The van der Waals surface area contributed by atoms with Crippen LogP contribution >= 0.6 is 0 Å². The van der Waals surface area contributed by atoms with Gasteiger partial charge in [0.15, 0.2) is 6.10 Å². The van der Waals surface area contributed by atoms with Crippen LogP contribution in [0.5, 0.6) is 0 Å². The van der Waals surface area contributed by atoms with E-state index in [1.54, 1.807) is 0 Å². The summed E-state index contributed by atoms with van der Waals surface area (Å²) in [6.07, 6.45) is -0.463. The first-order valence-corrected chi connectivity index (χ1v) is 10.8. The van der Waals surface area contributed by atoms with Crippen molar-refractivity contribution in [1.29, 1.82) is 0 Å². The Morgan fingerprint density at radius 1 is 1.03 bits per heavy atom. The molecule has 1 aliphatic heterocycles. The molecule has 32 heavy (non-hydrogen) atoms. The van der Waals surface area contributed by atoms with Crippen molar-refractivity contribution in [3.05, 3.63) is 59.7 Å². The first-order valence-electron chi connectivity index (χ1n) is 10.8. The van der Waals surface area contributed by atoms with Crippen LogP contribution in [0.2, 0.25) is 0 Å². The van der Waals surface area contributed by atoms with Gasteiger partial charge in [-0.3, -0.25) is 4.79 Å². The second-order valence-electron chi connectivity index (χ2n) is 7.95. The van der Waals surface area contributed by atoms with Gasteiger partial charge >= 0.3 is 12.1 Å². The van der Waals surface area contributed by atoms with Crippen molar-refractivity contribution in [2.45, 2.75) is 37.3 Å². The van der Waals surface area contributed by atoms with Crippen LogP contribution < -0.4 is 10.6 Å².